The normalized spacial score (nSPS) is 10.9. The average Bonchev–Trinajstić information content (AvgIpc) is 3.13. The predicted octanol–water partition coefficient (Wildman–Crippen LogP) is 6.05. The first kappa shape index (κ1) is 17.2. The highest BCUT2D eigenvalue weighted by Crippen LogP contribution is 2.32. The minimum absolute atomic E-state index is 0.340. The third-order valence-corrected chi connectivity index (χ3v) is 4.61. The van der Waals surface area contributed by atoms with E-state index in [1.54, 1.807) is 47.1 Å². The summed E-state index contributed by atoms with van der Waals surface area (Å²) in [5.74, 6) is -0.696. The molecule has 0 aliphatic heterocycles. The molecule has 0 saturated carbocycles. The van der Waals surface area contributed by atoms with Gasteiger partial charge in [0.05, 0.1) is 17.1 Å². The minimum atomic E-state index is -0.356. The van der Waals surface area contributed by atoms with Gasteiger partial charge in [-0.15, -0.1) is 0 Å². The molecule has 4 heteroatoms. The van der Waals surface area contributed by atoms with Crippen LogP contribution in [0.15, 0.2) is 78.9 Å². The molecular formula is C23H18F2N2. The summed E-state index contributed by atoms with van der Waals surface area (Å²) in [6, 6.07) is 22.6. The summed E-state index contributed by atoms with van der Waals surface area (Å²) in [6.45, 7) is 2.06. The van der Waals surface area contributed by atoms with Gasteiger partial charge in [-0.25, -0.2) is 13.5 Å². The van der Waals surface area contributed by atoms with Gasteiger partial charge in [-0.1, -0.05) is 49.4 Å². The van der Waals surface area contributed by atoms with Gasteiger partial charge in [0.2, 0.25) is 0 Å². The lowest BCUT2D eigenvalue weighted by molar-refractivity contribution is 0.629. The van der Waals surface area contributed by atoms with E-state index in [-0.39, 0.29) is 11.6 Å². The first-order valence-electron chi connectivity index (χ1n) is 8.87. The van der Waals surface area contributed by atoms with Crippen molar-refractivity contribution in [2.24, 2.45) is 0 Å². The van der Waals surface area contributed by atoms with Gasteiger partial charge < -0.3 is 0 Å². The zero-order valence-corrected chi connectivity index (χ0v) is 14.9. The van der Waals surface area contributed by atoms with Crippen LogP contribution in [0.2, 0.25) is 0 Å². The molecule has 0 aliphatic rings. The van der Waals surface area contributed by atoms with Crippen molar-refractivity contribution in [2.45, 2.75) is 13.3 Å². The Morgan fingerprint density at radius 1 is 0.778 bits per heavy atom. The Bertz CT molecular complexity index is 1100. The second-order valence-corrected chi connectivity index (χ2v) is 6.27. The molecule has 0 radical (unpaired) electrons. The Morgan fingerprint density at radius 2 is 1.37 bits per heavy atom. The summed E-state index contributed by atoms with van der Waals surface area (Å²) < 4.78 is 30.6. The predicted molar refractivity (Wildman–Crippen MR) is 104 cm³/mol. The highest BCUT2D eigenvalue weighted by Gasteiger charge is 2.18. The molecule has 1 aromatic heterocycles. The van der Waals surface area contributed by atoms with Crippen molar-refractivity contribution < 1.29 is 8.78 Å². The van der Waals surface area contributed by atoms with Crippen LogP contribution in [0.5, 0.6) is 0 Å². The van der Waals surface area contributed by atoms with E-state index in [0.29, 0.717) is 22.5 Å². The number of nitrogens with zero attached hydrogens (tertiary/aromatic N) is 2. The van der Waals surface area contributed by atoms with Gasteiger partial charge in [0.25, 0.3) is 0 Å². The third-order valence-electron chi connectivity index (χ3n) is 4.61. The van der Waals surface area contributed by atoms with E-state index in [1.165, 1.54) is 12.1 Å². The molecule has 134 valence electrons. The van der Waals surface area contributed by atoms with Crippen LogP contribution in [0.25, 0.3) is 28.2 Å². The van der Waals surface area contributed by atoms with E-state index >= 15 is 0 Å². The summed E-state index contributed by atoms with van der Waals surface area (Å²) in [5, 5.41) is 4.65. The van der Waals surface area contributed by atoms with Crippen LogP contribution in [-0.2, 0) is 6.42 Å². The van der Waals surface area contributed by atoms with Gasteiger partial charge in [-0.2, -0.15) is 5.10 Å². The van der Waals surface area contributed by atoms with Crippen LogP contribution in [0.4, 0.5) is 8.78 Å². The van der Waals surface area contributed by atoms with Gasteiger partial charge in [0.15, 0.2) is 0 Å². The Kier molecular flexibility index (Phi) is 4.55. The van der Waals surface area contributed by atoms with Crippen LogP contribution in [-0.4, -0.2) is 9.78 Å². The Morgan fingerprint density at radius 3 is 2.04 bits per heavy atom. The average molecular weight is 360 g/mol. The molecule has 1 heterocycles. The fourth-order valence-corrected chi connectivity index (χ4v) is 3.24. The van der Waals surface area contributed by atoms with Crippen LogP contribution >= 0.6 is 0 Å². The minimum Gasteiger partial charge on any atom is -0.232 e. The Labute approximate surface area is 156 Å². The second kappa shape index (κ2) is 7.16. The molecular weight excluding hydrogens is 342 g/mol. The summed E-state index contributed by atoms with van der Waals surface area (Å²) in [4.78, 5) is 0. The molecule has 0 spiro atoms. The first-order chi connectivity index (χ1) is 13.2. The van der Waals surface area contributed by atoms with Gasteiger partial charge >= 0.3 is 0 Å². The van der Waals surface area contributed by atoms with Crippen molar-refractivity contribution in [3.8, 4) is 28.2 Å². The quantitative estimate of drug-likeness (QED) is 0.433. The van der Waals surface area contributed by atoms with E-state index in [9.17, 15) is 8.78 Å². The highest BCUT2D eigenvalue weighted by molar-refractivity contribution is 5.71. The summed E-state index contributed by atoms with van der Waals surface area (Å²) in [6.07, 6.45) is 0.807. The zero-order chi connectivity index (χ0) is 18.8. The lowest BCUT2D eigenvalue weighted by Gasteiger charge is -2.12. The standard InChI is InChI=1S/C23H18F2N2/c1-2-16-9-3-8-14-22(16)27-23(18-11-5-7-13-20(18)25)15-21(26-27)17-10-4-6-12-19(17)24/h3-15H,2H2,1H3. The topological polar surface area (TPSA) is 17.8 Å². The number of halogens is 2. The third kappa shape index (κ3) is 3.14. The molecule has 0 saturated heterocycles. The van der Waals surface area contributed by atoms with E-state index in [2.05, 4.69) is 12.0 Å². The molecule has 4 aromatic rings. The fraction of sp³-hybridized carbons (Fsp3) is 0.0870. The molecule has 0 aliphatic carbocycles. The number of aromatic nitrogens is 2. The van der Waals surface area contributed by atoms with Crippen molar-refractivity contribution in [3.63, 3.8) is 0 Å². The van der Waals surface area contributed by atoms with E-state index in [4.69, 9.17) is 0 Å². The second-order valence-electron chi connectivity index (χ2n) is 6.27. The molecule has 0 unspecified atom stereocenters. The van der Waals surface area contributed by atoms with E-state index < -0.39 is 0 Å². The molecule has 2 nitrogen and oxygen atoms in total. The van der Waals surface area contributed by atoms with Gasteiger partial charge in [-0.05, 0) is 48.4 Å². The van der Waals surface area contributed by atoms with Gasteiger partial charge in [0, 0.05) is 11.1 Å². The number of benzene rings is 3. The van der Waals surface area contributed by atoms with E-state index in [0.717, 1.165) is 17.7 Å². The number of aryl methyl sites for hydroxylation is 1. The molecule has 27 heavy (non-hydrogen) atoms. The Balaban J connectivity index is 1.99. The van der Waals surface area contributed by atoms with Crippen molar-refractivity contribution in [1.29, 1.82) is 0 Å². The Hall–Kier alpha value is -3.27. The maximum atomic E-state index is 14.5. The number of para-hydroxylation sites is 1. The number of hydrogen-bond acceptors (Lipinski definition) is 1. The summed E-state index contributed by atoms with van der Waals surface area (Å²) in [5.41, 5.74) is 3.82. The molecule has 0 bridgehead atoms. The molecule has 0 fully saturated rings. The molecule has 0 atom stereocenters. The fourth-order valence-electron chi connectivity index (χ4n) is 3.24. The molecule has 4 rings (SSSR count). The number of rotatable bonds is 4. The van der Waals surface area contributed by atoms with E-state index in [1.807, 2.05) is 24.3 Å². The lowest BCUT2D eigenvalue weighted by atomic mass is 10.1. The summed E-state index contributed by atoms with van der Waals surface area (Å²) in [7, 11) is 0. The van der Waals surface area contributed by atoms with Gasteiger partial charge in [0.1, 0.15) is 11.6 Å². The monoisotopic (exact) mass is 360 g/mol. The first-order valence-corrected chi connectivity index (χ1v) is 8.87. The smallest absolute Gasteiger partial charge is 0.132 e. The van der Waals surface area contributed by atoms with Crippen molar-refractivity contribution in [3.05, 3.63) is 96.1 Å². The zero-order valence-electron chi connectivity index (χ0n) is 14.9. The highest BCUT2D eigenvalue weighted by atomic mass is 19.1. The van der Waals surface area contributed by atoms with Crippen molar-refractivity contribution in [2.75, 3.05) is 0 Å². The molecule has 0 N–H and O–H groups in total. The van der Waals surface area contributed by atoms with Crippen LogP contribution in [0.1, 0.15) is 12.5 Å². The molecule has 3 aromatic carbocycles. The maximum absolute atomic E-state index is 14.5. The van der Waals surface area contributed by atoms with Crippen molar-refractivity contribution >= 4 is 0 Å². The summed E-state index contributed by atoms with van der Waals surface area (Å²) >= 11 is 0. The lowest BCUT2D eigenvalue weighted by Crippen LogP contribution is -2.03. The van der Waals surface area contributed by atoms with Crippen LogP contribution < -0.4 is 0 Å². The SMILES string of the molecule is CCc1ccccc1-n1nc(-c2ccccc2F)cc1-c1ccccc1F. The largest absolute Gasteiger partial charge is 0.232 e. The maximum Gasteiger partial charge on any atom is 0.132 e. The van der Waals surface area contributed by atoms with Crippen molar-refractivity contribution in [1.82, 2.24) is 9.78 Å². The number of hydrogen-bond donors (Lipinski definition) is 0. The molecule has 0 amide bonds. The van der Waals surface area contributed by atoms with Gasteiger partial charge in [-0.3, -0.25) is 0 Å². The van der Waals surface area contributed by atoms with Crippen LogP contribution in [0.3, 0.4) is 0 Å². The van der Waals surface area contributed by atoms with Crippen LogP contribution in [0, 0.1) is 11.6 Å².